The Balaban J connectivity index is 2.69. The van der Waals surface area contributed by atoms with Gasteiger partial charge in [-0.05, 0) is 20.3 Å². The lowest BCUT2D eigenvalue weighted by Crippen LogP contribution is -2.29. The van der Waals surface area contributed by atoms with E-state index in [1.807, 2.05) is 20.8 Å². The molecule has 0 saturated carbocycles. The number of alkyl halides is 2. The van der Waals surface area contributed by atoms with E-state index in [4.69, 9.17) is 0 Å². The first-order chi connectivity index (χ1) is 6.44. The number of nitrogens with zero attached hydrogens (tertiary/aromatic N) is 2. The standard InChI is InChI=1S/C8H13F2N3S/c1-4-8(2,3)11-7-13-12-6(14-7)5(9)10/h5H,4H2,1-3H3,(H,11,13). The molecule has 6 heteroatoms. The highest BCUT2D eigenvalue weighted by molar-refractivity contribution is 7.15. The number of anilines is 1. The van der Waals surface area contributed by atoms with Crippen LogP contribution < -0.4 is 5.32 Å². The summed E-state index contributed by atoms with van der Waals surface area (Å²) in [7, 11) is 0. The molecule has 0 amide bonds. The van der Waals surface area contributed by atoms with Crippen LogP contribution in [0.2, 0.25) is 0 Å². The maximum atomic E-state index is 12.2. The van der Waals surface area contributed by atoms with Crippen LogP contribution in [0.1, 0.15) is 38.6 Å². The molecular weight excluding hydrogens is 208 g/mol. The molecule has 0 fully saturated rings. The van der Waals surface area contributed by atoms with Gasteiger partial charge in [0.1, 0.15) is 0 Å². The maximum Gasteiger partial charge on any atom is 0.291 e. The number of hydrogen-bond donors (Lipinski definition) is 1. The van der Waals surface area contributed by atoms with Gasteiger partial charge in [-0.15, -0.1) is 10.2 Å². The third-order valence-corrected chi connectivity index (χ3v) is 2.80. The zero-order chi connectivity index (χ0) is 10.8. The van der Waals surface area contributed by atoms with Crippen LogP contribution in [0.3, 0.4) is 0 Å². The van der Waals surface area contributed by atoms with Gasteiger partial charge in [0.25, 0.3) is 6.43 Å². The van der Waals surface area contributed by atoms with Crippen molar-refractivity contribution in [1.29, 1.82) is 0 Å². The molecule has 0 atom stereocenters. The van der Waals surface area contributed by atoms with Crippen molar-refractivity contribution in [3.05, 3.63) is 5.01 Å². The molecule has 0 aliphatic heterocycles. The van der Waals surface area contributed by atoms with Gasteiger partial charge in [-0.25, -0.2) is 8.78 Å². The lowest BCUT2D eigenvalue weighted by molar-refractivity contribution is 0.150. The molecule has 1 heterocycles. The molecule has 1 aromatic heterocycles. The molecule has 0 spiro atoms. The Hall–Kier alpha value is -0.780. The van der Waals surface area contributed by atoms with Crippen molar-refractivity contribution in [2.75, 3.05) is 5.32 Å². The lowest BCUT2D eigenvalue weighted by Gasteiger charge is -2.23. The summed E-state index contributed by atoms with van der Waals surface area (Å²) in [5.41, 5.74) is -0.140. The first kappa shape index (κ1) is 11.3. The van der Waals surface area contributed by atoms with Crippen molar-refractivity contribution in [2.45, 2.75) is 39.2 Å². The maximum absolute atomic E-state index is 12.2. The number of hydrogen-bond acceptors (Lipinski definition) is 4. The van der Waals surface area contributed by atoms with Crippen LogP contribution in [0.4, 0.5) is 13.9 Å². The van der Waals surface area contributed by atoms with Gasteiger partial charge in [0.05, 0.1) is 0 Å². The van der Waals surface area contributed by atoms with E-state index in [1.54, 1.807) is 0 Å². The number of halogens is 2. The molecule has 0 aliphatic carbocycles. The zero-order valence-electron chi connectivity index (χ0n) is 8.34. The molecule has 1 N–H and O–H groups in total. The van der Waals surface area contributed by atoms with Gasteiger partial charge in [0.2, 0.25) is 5.13 Å². The van der Waals surface area contributed by atoms with Crippen molar-refractivity contribution < 1.29 is 8.78 Å². The molecule has 0 radical (unpaired) electrons. The van der Waals surface area contributed by atoms with Gasteiger partial charge in [0.15, 0.2) is 5.01 Å². The molecule has 80 valence electrons. The summed E-state index contributed by atoms with van der Waals surface area (Å²) < 4.78 is 24.4. The zero-order valence-corrected chi connectivity index (χ0v) is 9.16. The highest BCUT2D eigenvalue weighted by Gasteiger charge is 2.19. The highest BCUT2D eigenvalue weighted by Crippen LogP contribution is 2.27. The molecule has 0 bridgehead atoms. The second-order valence-corrected chi connectivity index (χ2v) is 4.62. The molecule has 0 unspecified atom stereocenters. The topological polar surface area (TPSA) is 37.8 Å². The van der Waals surface area contributed by atoms with Gasteiger partial charge >= 0.3 is 0 Å². The Kier molecular flexibility index (Phi) is 3.36. The highest BCUT2D eigenvalue weighted by atomic mass is 32.1. The van der Waals surface area contributed by atoms with Crippen molar-refractivity contribution in [3.8, 4) is 0 Å². The van der Waals surface area contributed by atoms with E-state index in [9.17, 15) is 8.78 Å². The average Bonchev–Trinajstić information content (AvgIpc) is 2.52. The van der Waals surface area contributed by atoms with E-state index in [0.29, 0.717) is 5.13 Å². The minimum atomic E-state index is -2.53. The van der Waals surface area contributed by atoms with Crippen LogP contribution in [0, 0.1) is 0 Å². The monoisotopic (exact) mass is 221 g/mol. The van der Waals surface area contributed by atoms with Crippen LogP contribution in [-0.2, 0) is 0 Å². The van der Waals surface area contributed by atoms with Gasteiger partial charge in [-0.3, -0.25) is 0 Å². The van der Waals surface area contributed by atoms with E-state index in [-0.39, 0.29) is 10.5 Å². The Labute approximate surface area is 85.6 Å². The summed E-state index contributed by atoms with van der Waals surface area (Å²) in [5.74, 6) is 0. The molecule has 14 heavy (non-hydrogen) atoms. The lowest BCUT2D eigenvalue weighted by atomic mass is 10.0. The minimum absolute atomic E-state index is 0.140. The molecule has 0 aromatic carbocycles. The Bertz CT molecular complexity index is 299. The third kappa shape index (κ3) is 2.87. The normalized spacial score (nSPS) is 12.1. The fourth-order valence-corrected chi connectivity index (χ4v) is 1.53. The van der Waals surface area contributed by atoms with Crippen LogP contribution in [0.15, 0.2) is 0 Å². The van der Waals surface area contributed by atoms with E-state index >= 15 is 0 Å². The Morgan fingerprint density at radius 1 is 1.43 bits per heavy atom. The third-order valence-electron chi connectivity index (χ3n) is 1.96. The van der Waals surface area contributed by atoms with E-state index < -0.39 is 6.43 Å². The van der Waals surface area contributed by atoms with Gasteiger partial charge in [0, 0.05) is 5.54 Å². The molecule has 1 rings (SSSR count). The van der Waals surface area contributed by atoms with E-state index in [1.165, 1.54) is 0 Å². The Morgan fingerprint density at radius 2 is 2.07 bits per heavy atom. The summed E-state index contributed by atoms with van der Waals surface area (Å²) in [6, 6.07) is 0. The van der Waals surface area contributed by atoms with Gasteiger partial charge < -0.3 is 5.32 Å². The van der Waals surface area contributed by atoms with Crippen LogP contribution in [0.25, 0.3) is 0 Å². The first-order valence-electron chi connectivity index (χ1n) is 4.34. The Morgan fingerprint density at radius 3 is 2.50 bits per heavy atom. The van der Waals surface area contributed by atoms with E-state index in [2.05, 4.69) is 15.5 Å². The fourth-order valence-electron chi connectivity index (χ4n) is 0.751. The first-order valence-corrected chi connectivity index (χ1v) is 5.16. The van der Waals surface area contributed by atoms with Crippen molar-refractivity contribution in [3.63, 3.8) is 0 Å². The van der Waals surface area contributed by atoms with Crippen molar-refractivity contribution >= 4 is 16.5 Å². The smallest absolute Gasteiger partial charge is 0.291 e. The van der Waals surface area contributed by atoms with Crippen LogP contribution in [-0.4, -0.2) is 15.7 Å². The number of nitrogens with one attached hydrogen (secondary N) is 1. The molecule has 1 aromatic rings. The van der Waals surface area contributed by atoms with E-state index in [0.717, 1.165) is 17.8 Å². The minimum Gasteiger partial charge on any atom is -0.355 e. The van der Waals surface area contributed by atoms with Crippen molar-refractivity contribution in [1.82, 2.24) is 10.2 Å². The second-order valence-electron chi connectivity index (χ2n) is 3.61. The van der Waals surface area contributed by atoms with Crippen LogP contribution >= 0.6 is 11.3 Å². The predicted molar refractivity (Wildman–Crippen MR) is 52.9 cm³/mol. The summed E-state index contributed by atoms with van der Waals surface area (Å²) >= 11 is 0.900. The van der Waals surface area contributed by atoms with Crippen molar-refractivity contribution in [2.24, 2.45) is 0 Å². The SMILES string of the molecule is CCC(C)(C)Nc1nnc(C(F)F)s1. The molecular formula is C8H13F2N3S. The average molecular weight is 221 g/mol. The second kappa shape index (κ2) is 4.16. The van der Waals surface area contributed by atoms with Gasteiger partial charge in [-0.2, -0.15) is 0 Å². The quantitative estimate of drug-likeness (QED) is 0.849. The largest absolute Gasteiger partial charge is 0.355 e. The van der Waals surface area contributed by atoms with Crippen LogP contribution in [0.5, 0.6) is 0 Å². The molecule has 3 nitrogen and oxygen atoms in total. The van der Waals surface area contributed by atoms with Gasteiger partial charge in [-0.1, -0.05) is 18.3 Å². The number of rotatable bonds is 4. The molecule has 0 saturated heterocycles. The summed E-state index contributed by atoms with van der Waals surface area (Å²) in [5, 5.41) is 10.3. The fraction of sp³-hybridized carbons (Fsp3) is 0.750. The predicted octanol–water partition coefficient (Wildman–Crippen LogP) is 3.08. The summed E-state index contributed by atoms with van der Waals surface area (Å²) in [6.45, 7) is 5.98. The number of aromatic nitrogens is 2. The summed E-state index contributed by atoms with van der Waals surface area (Å²) in [6.07, 6.45) is -1.65. The summed E-state index contributed by atoms with van der Waals surface area (Å²) in [4.78, 5) is 0. The molecule has 0 aliphatic rings.